The number of amides is 1. The molecular weight excluding hydrogens is 366 g/mol. The molecule has 0 atom stereocenters. The van der Waals surface area contributed by atoms with Gasteiger partial charge < -0.3 is 24.3 Å². The Labute approximate surface area is 160 Å². The third-order valence-corrected chi connectivity index (χ3v) is 4.96. The Kier molecular flexibility index (Phi) is 4.84. The molecule has 1 N–H and O–H groups in total. The number of ether oxygens (including phenoxy) is 4. The van der Waals surface area contributed by atoms with E-state index >= 15 is 0 Å². The first kappa shape index (κ1) is 17.2. The van der Waals surface area contributed by atoms with Crippen molar-refractivity contribution in [1.82, 2.24) is 0 Å². The number of fused-ring (bicyclic) bond motifs is 1. The summed E-state index contributed by atoms with van der Waals surface area (Å²) in [6.07, 6.45) is 0. The van der Waals surface area contributed by atoms with Gasteiger partial charge in [0, 0.05) is 11.6 Å². The van der Waals surface area contributed by atoms with Crippen LogP contribution in [-0.4, -0.2) is 19.8 Å². The van der Waals surface area contributed by atoms with Crippen LogP contribution in [0.1, 0.15) is 15.2 Å². The van der Waals surface area contributed by atoms with Crippen LogP contribution in [0.3, 0.4) is 0 Å². The maximum absolute atomic E-state index is 12.5. The summed E-state index contributed by atoms with van der Waals surface area (Å²) < 4.78 is 21.7. The van der Waals surface area contributed by atoms with Crippen LogP contribution in [-0.2, 0) is 6.61 Å². The van der Waals surface area contributed by atoms with Gasteiger partial charge in [-0.1, -0.05) is 12.1 Å². The molecule has 1 aromatic heterocycles. The molecule has 27 heavy (non-hydrogen) atoms. The molecule has 0 bridgehead atoms. The van der Waals surface area contributed by atoms with Crippen LogP contribution in [0.2, 0.25) is 0 Å². The van der Waals surface area contributed by atoms with E-state index < -0.39 is 0 Å². The Morgan fingerprint density at radius 3 is 2.89 bits per heavy atom. The molecule has 0 saturated carbocycles. The molecule has 2 aromatic carbocycles. The van der Waals surface area contributed by atoms with Gasteiger partial charge >= 0.3 is 0 Å². The van der Waals surface area contributed by atoms with Crippen LogP contribution >= 0.6 is 11.3 Å². The second-order valence-electron chi connectivity index (χ2n) is 5.78. The number of hydrogen-bond acceptors (Lipinski definition) is 6. The van der Waals surface area contributed by atoms with Crippen LogP contribution < -0.4 is 24.3 Å². The Morgan fingerprint density at radius 1 is 1.15 bits per heavy atom. The zero-order valence-electron chi connectivity index (χ0n) is 14.6. The Balaban J connectivity index is 1.38. The summed E-state index contributed by atoms with van der Waals surface area (Å²) in [5.74, 6) is 2.51. The molecule has 2 heterocycles. The van der Waals surface area contributed by atoms with Crippen LogP contribution in [0, 0.1) is 0 Å². The number of carbonyl (C=O) groups is 1. The number of nitrogens with one attached hydrogen (secondary N) is 1. The van der Waals surface area contributed by atoms with Gasteiger partial charge in [-0.2, -0.15) is 0 Å². The molecule has 0 aliphatic carbocycles. The molecule has 0 radical (unpaired) electrons. The quantitative estimate of drug-likeness (QED) is 0.687. The molecule has 1 aliphatic rings. The molecule has 1 aliphatic heterocycles. The molecule has 0 saturated heterocycles. The first-order valence-corrected chi connectivity index (χ1v) is 9.15. The summed E-state index contributed by atoms with van der Waals surface area (Å²) >= 11 is 1.37. The number of para-hydroxylation sites is 2. The summed E-state index contributed by atoms with van der Waals surface area (Å²) in [4.78, 5) is 13.1. The van der Waals surface area contributed by atoms with Gasteiger partial charge in [0.05, 0.1) is 17.7 Å². The molecule has 6 nitrogen and oxygen atoms in total. The van der Waals surface area contributed by atoms with Crippen LogP contribution in [0.25, 0.3) is 0 Å². The topological polar surface area (TPSA) is 66.0 Å². The van der Waals surface area contributed by atoms with Gasteiger partial charge in [-0.05, 0) is 35.7 Å². The predicted octanol–water partition coefficient (Wildman–Crippen LogP) is 4.32. The molecule has 3 aromatic rings. The van der Waals surface area contributed by atoms with Gasteiger partial charge in [0.1, 0.15) is 18.1 Å². The minimum atomic E-state index is -0.182. The maximum atomic E-state index is 12.5. The largest absolute Gasteiger partial charge is 0.495 e. The van der Waals surface area contributed by atoms with Gasteiger partial charge in [0.15, 0.2) is 11.5 Å². The van der Waals surface area contributed by atoms with Gasteiger partial charge in [-0.25, -0.2) is 0 Å². The smallest absolute Gasteiger partial charge is 0.265 e. The van der Waals surface area contributed by atoms with Gasteiger partial charge in [0.25, 0.3) is 5.91 Å². The molecule has 138 valence electrons. The zero-order chi connectivity index (χ0) is 18.6. The van der Waals surface area contributed by atoms with Gasteiger partial charge in [-0.15, -0.1) is 11.3 Å². The monoisotopic (exact) mass is 383 g/mol. The molecule has 4 rings (SSSR count). The standard InChI is InChI=1S/C20H17NO5S/c1-23-16-5-3-2-4-15(16)21-20(22)19-8-13(11-27-19)10-24-14-6-7-17-18(9-14)26-12-25-17/h2-9,11H,10,12H2,1H3,(H,21,22). The lowest BCUT2D eigenvalue weighted by Gasteiger charge is -2.08. The van der Waals surface area contributed by atoms with Crippen molar-refractivity contribution < 1.29 is 23.7 Å². The Bertz CT molecular complexity index is 969. The third kappa shape index (κ3) is 3.83. The van der Waals surface area contributed by atoms with Crippen LogP contribution in [0.4, 0.5) is 5.69 Å². The van der Waals surface area contributed by atoms with Crippen molar-refractivity contribution in [2.24, 2.45) is 0 Å². The first-order chi connectivity index (χ1) is 13.2. The number of rotatable bonds is 6. The highest BCUT2D eigenvalue weighted by atomic mass is 32.1. The highest BCUT2D eigenvalue weighted by Crippen LogP contribution is 2.35. The lowest BCUT2D eigenvalue weighted by atomic mass is 10.2. The molecule has 0 fully saturated rings. The van der Waals surface area contributed by atoms with E-state index in [0.717, 1.165) is 5.56 Å². The molecule has 0 spiro atoms. The Morgan fingerprint density at radius 2 is 2.00 bits per heavy atom. The van der Waals surface area contributed by atoms with Crippen LogP contribution in [0.5, 0.6) is 23.0 Å². The highest BCUT2D eigenvalue weighted by Gasteiger charge is 2.15. The molecule has 1 amide bonds. The fourth-order valence-electron chi connectivity index (χ4n) is 2.64. The normalized spacial score (nSPS) is 11.9. The van der Waals surface area contributed by atoms with E-state index in [1.165, 1.54) is 11.3 Å². The summed E-state index contributed by atoms with van der Waals surface area (Å²) in [5, 5.41) is 4.78. The summed E-state index contributed by atoms with van der Waals surface area (Å²) in [7, 11) is 1.57. The summed E-state index contributed by atoms with van der Waals surface area (Å²) in [5.41, 5.74) is 1.56. The fourth-order valence-corrected chi connectivity index (χ4v) is 3.43. The second-order valence-corrected chi connectivity index (χ2v) is 6.69. The number of carbonyl (C=O) groups excluding carboxylic acids is 1. The van der Waals surface area contributed by atoms with Crippen molar-refractivity contribution in [2.75, 3.05) is 19.2 Å². The highest BCUT2D eigenvalue weighted by molar-refractivity contribution is 7.12. The van der Waals surface area contributed by atoms with E-state index in [-0.39, 0.29) is 12.7 Å². The van der Waals surface area contributed by atoms with Crippen molar-refractivity contribution in [2.45, 2.75) is 6.61 Å². The predicted molar refractivity (Wildman–Crippen MR) is 102 cm³/mol. The van der Waals surface area contributed by atoms with E-state index in [4.69, 9.17) is 18.9 Å². The van der Waals surface area contributed by atoms with Crippen molar-refractivity contribution in [3.05, 3.63) is 64.4 Å². The number of anilines is 1. The van der Waals surface area contributed by atoms with Crippen molar-refractivity contribution in [1.29, 1.82) is 0 Å². The fraction of sp³-hybridized carbons (Fsp3) is 0.150. The van der Waals surface area contributed by atoms with E-state index in [9.17, 15) is 4.79 Å². The lowest BCUT2D eigenvalue weighted by Crippen LogP contribution is -2.11. The van der Waals surface area contributed by atoms with E-state index in [0.29, 0.717) is 40.2 Å². The number of hydrogen-bond donors (Lipinski definition) is 1. The van der Waals surface area contributed by atoms with Gasteiger partial charge in [0.2, 0.25) is 6.79 Å². The van der Waals surface area contributed by atoms with E-state index in [1.807, 2.05) is 35.7 Å². The van der Waals surface area contributed by atoms with E-state index in [2.05, 4.69) is 5.32 Å². The first-order valence-electron chi connectivity index (χ1n) is 8.27. The molecule has 0 unspecified atom stereocenters. The molecular formula is C20H17NO5S. The lowest BCUT2D eigenvalue weighted by molar-refractivity contribution is 0.103. The van der Waals surface area contributed by atoms with Crippen molar-refractivity contribution in [3.8, 4) is 23.0 Å². The minimum absolute atomic E-state index is 0.182. The van der Waals surface area contributed by atoms with Crippen LogP contribution in [0.15, 0.2) is 53.9 Å². The number of methoxy groups -OCH3 is 1. The van der Waals surface area contributed by atoms with Crippen molar-refractivity contribution in [3.63, 3.8) is 0 Å². The average Bonchev–Trinajstić information content (AvgIpc) is 3.35. The SMILES string of the molecule is COc1ccccc1NC(=O)c1cc(COc2ccc3c(c2)OCO3)cs1. The zero-order valence-corrected chi connectivity index (χ0v) is 15.4. The Hall–Kier alpha value is -3.19. The number of benzene rings is 2. The van der Waals surface area contributed by atoms with Crippen molar-refractivity contribution >= 4 is 22.9 Å². The second kappa shape index (κ2) is 7.59. The van der Waals surface area contributed by atoms with Gasteiger partial charge in [-0.3, -0.25) is 4.79 Å². The maximum Gasteiger partial charge on any atom is 0.265 e. The summed E-state index contributed by atoms with van der Waals surface area (Å²) in [6, 6.07) is 14.6. The molecule has 7 heteroatoms. The minimum Gasteiger partial charge on any atom is -0.495 e. The average molecular weight is 383 g/mol. The third-order valence-electron chi connectivity index (χ3n) is 3.98. The summed E-state index contributed by atoms with van der Waals surface area (Å²) in [6.45, 7) is 0.589. The number of thiophene rings is 1. The van der Waals surface area contributed by atoms with E-state index in [1.54, 1.807) is 25.3 Å².